The average Bonchev–Trinajstić information content (AvgIpc) is 2.39. The van der Waals surface area contributed by atoms with Crippen LogP contribution in [0.15, 0.2) is 30.3 Å². The van der Waals surface area contributed by atoms with Gasteiger partial charge in [0.15, 0.2) is 0 Å². The molecule has 2 nitrogen and oxygen atoms in total. The van der Waals surface area contributed by atoms with Crippen molar-refractivity contribution in [2.75, 3.05) is 0 Å². The Kier molecular flexibility index (Phi) is 4.53. The fraction of sp³-hybridized carbons (Fsp3) is 0.625. The van der Waals surface area contributed by atoms with Crippen molar-refractivity contribution >= 4 is 12.7 Å². The minimum absolute atomic E-state index is 0.0707. The maximum atomic E-state index is 13.0. The molecule has 1 aromatic rings. The summed E-state index contributed by atoms with van der Waals surface area (Å²) < 4.78 is 13.0. The third-order valence-corrected chi connectivity index (χ3v) is 7.09. The van der Waals surface area contributed by atoms with Gasteiger partial charge in [0.25, 0.3) is 0 Å². The standard InChI is InChI=1S/C16H25O2P/c1-12(2)15-10-9-13(3)11-16(15)19(17,18)14-7-5-4-6-8-14/h4-8,12-13,15-16H,9-11H2,1-3H3,(H,17,18)/t13-,15+,16-/m0/s1. The van der Waals surface area contributed by atoms with Crippen molar-refractivity contribution < 1.29 is 9.46 Å². The second-order valence-corrected chi connectivity index (χ2v) is 8.78. The van der Waals surface area contributed by atoms with Gasteiger partial charge in [0, 0.05) is 11.0 Å². The summed E-state index contributed by atoms with van der Waals surface area (Å²) in [5.41, 5.74) is -0.0707. The maximum Gasteiger partial charge on any atom is 0.232 e. The van der Waals surface area contributed by atoms with Gasteiger partial charge in [0.1, 0.15) is 0 Å². The lowest BCUT2D eigenvalue weighted by atomic mass is 9.77. The second-order valence-electron chi connectivity index (χ2n) is 6.35. The minimum atomic E-state index is -3.27. The largest absolute Gasteiger partial charge is 0.341 e. The summed E-state index contributed by atoms with van der Waals surface area (Å²) in [7, 11) is -3.27. The van der Waals surface area contributed by atoms with Crippen molar-refractivity contribution in [3.63, 3.8) is 0 Å². The fourth-order valence-corrected chi connectivity index (χ4v) is 6.03. The molecule has 2 rings (SSSR count). The molecule has 0 bridgehead atoms. The Labute approximate surface area is 116 Å². The first-order valence-electron chi connectivity index (χ1n) is 7.31. The summed E-state index contributed by atoms with van der Waals surface area (Å²) in [6.07, 6.45) is 3.15. The van der Waals surface area contributed by atoms with Crippen molar-refractivity contribution in [3.05, 3.63) is 30.3 Å². The van der Waals surface area contributed by atoms with E-state index in [1.165, 1.54) is 6.42 Å². The highest BCUT2D eigenvalue weighted by molar-refractivity contribution is 7.66. The van der Waals surface area contributed by atoms with Crippen LogP contribution in [-0.4, -0.2) is 10.6 Å². The summed E-state index contributed by atoms with van der Waals surface area (Å²) >= 11 is 0. The lowest BCUT2D eigenvalue weighted by Gasteiger charge is -2.39. The van der Waals surface area contributed by atoms with Crippen LogP contribution in [0.5, 0.6) is 0 Å². The van der Waals surface area contributed by atoms with Crippen LogP contribution in [0.4, 0.5) is 0 Å². The van der Waals surface area contributed by atoms with Gasteiger partial charge in [0.05, 0.1) is 0 Å². The number of hydrogen-bond donors (Lipinski definition) is 1. The zero-order valence-electron chi connectivity index (χ0n) is 12.1. The lowest BCUT2D eigenvalue weighted by Crippen LogP contribution is -2.34. The molecule has 106 valence electrons. The van der Waals surface area contributed by atoms with Crippen LogP contribution in [0.25, 0.3) is 0 Å². The zero-order chi connectivity index (χ0) is 14.0. The number of benzene rings is 1. The molecule has 1 unspecified atom stereocenters. The van der Waals surface area contributed by atoms with Gasteiger partial charge in [-0.1, -0.05) is 45.4 Å². The summed E-state index contributed by atoms with van der Waals surface area (Å²) in [5.74, 6) is 1.40. The van der Waals surface area contributed by atoms with Crippen LogP contribution in [-0.2, 0) is 4.57 Å². The van der Waals surface area contributed by atoms with E-state index in [-0.39, 0.29) is 5.66 Å². The minimum Gasteiger partial charge on any atom is -0.341 e. The molecule has 1 aliphatic rings. The van der Waals surface area contributed by atoms with E-state index in [2.05, 4.69) is 20.8 Å². The predicted molar refractivity (Wildman–Crippen MR) is 81.0 cm³/mol. The van der Waals surface area contributed by atoms with Crippen LogP contribution in [0.3, 0.4) is 0 Å². The van der Waals surface area contributed by atoms with Gasteiger partial charge in [-0.15, -0.1) is 0 Å². The summed E-state index contributed by atoms with van der Waals surface area (Å²) in [4.78, 5) is 10.7. The molecule has 3 heteroatoms. The lowest BCUT2D eigenvalue weighted by molar-refractivity contribution is 0.228. The van der Waals surface area contributed by atoms with Crippen molar-refractivity contribution in [1.82, 2.24) is 0 Å². The van der Waals surface area contributed by atoms with E-state index in [4.69, 9.17) is 0 Å². The number of rotatable bonds is 3. The van der Waals surface area contributed by atoms with Crippen molar-refractivity contribution in [3.8, 4) is 0 Å². The molecule has 0 heterocycles. The Morgan fingerprint density at radius 2 is 1.84 bits per heavy atom. The highest BCUT2D eigenvalue weighted by Gasteiger charge is 2.42. The van der Waals surface area contributed by atoms with Crippen LogP contribution in [0, 0.1) is 17.8 Å². The molecule has 1 saturated carbocycles. The predicted octanol–water partition coefficient (Wildman–Crippen LogP) is 4.04. The van der Waals surface area contributed by atoms with E-state index >= 15 is 0 Å². The second kappa shape index (κ2) is 5.81. The third kappa shape index (κ3) is 3.12. The third-order valence-electron chi connectivity index (χ3n) is 4.56. The van der Waals surface area contributed by atoms with E-state index < -0.39 is 7.37 Å². The molecule has 1 aromatic carbocycles. The molecule has 0 spiro atoms. The quantitative estimate of drug-likeness (QED) is 0.848. The molecule has 0 aliphatic heterocycles. The van der Waals surface area contributed by atoms with Crippen LogP contribution >= 0.6 is 7.37 Å². The molecule has 4 atom stereocenters. The van der Waals surface area contributed by atoms with Gasteiger partial charge in [-0.25, -0.2) is 0 Å². The van der Waals surface area contributed by atoms with Crippen molar-refractivity contribution in [2.24, 2.45) is 17.8 Å². The Morgan fingerprint density at radius 1 is 1.21 bits per heavy atom. The Morgan fingerprint density at radius 3 is 2.42 bits per heavy atom. The smallest absolute Gasteiger partial charge is 0.232 e. The topological polar surface area (TPSA) is 37.3 Å². The summed E-state index contributed by atoms with van der Waals surface area (Å²) in [5, 5.41) is 0.625. The molecular formula is C16H25O2P. The first kappa shape index (κ1) is 14.8. The van der Waals surface area contributed by atoms with Gasteiger partial charge >= 0.3 is 0 Å². The Balaban J connectivity index is 2.33. The molecule has 0 aromatic heterocycles. The monoisotopic (exact) mass is 280 g/mol. The van der Waals surface area contributed by atoms with Crippen molar-refractivity contribution in [2.45, 2.75) is 45.7 Å². The Hall–Kier alpha value is -0.590. The van der Waals surface area contributed by atoms with Crippen molar-refractivity contribution in [1.29, 1.82) is 0 Å². The SMILES string of the molecule is CC(C)[C@H]1CC[C@H](C)C[C@@H]1P(=O)(O)c1ccccc1. The highest BCUT2D eigenvalue weighted by Crippen LogP contribution is 2.55. The normalized spacial score (nSPS) is 31.1. The molecule has 1 fully saturated rings. The van der Waals surface area contributed by atoms with E-state index in [9.17, 15) is 9.46 Å². The Bertz CT molecular complexity index is 455. The molecule has 0 radical (unpaired) electrons. The van der Waals surface area contributed by atoms with E-state index in [1.54, 1.807) is 12.1 Å². The van der Waals surface area contributed by atoms with Crippen LogP contribution in [0.2, 0.25) is 0 Å². The van der Waals surface area contributed by atoms with Crippen LogP contribution in [0.1, 0.15) is 40.0 Å². The fourth-order valence-electron chi connectivity index (χ4n) is 3.39. The first-order chi connectivity index (χ1) is 8.93. The zero-order valence-corrected chi connectivity index (χ0v) is 13.0. The molecule has 19 heavy (non-hydrogen) atoms. The molecule has 1 N–H and O–H groups in total. The van der Waals surface area contributed by atoms with Crippen LogP contribution < -0.4 is 5.30 Å². The average molecular weight is 280 g/mol. The first-order valence-corrected chi connectivity index (χ1v) is 9.04. The number of hydrogen-bond acceptors (Lipinski definition) is 1. The molecule has 0 amide bonds. The van der Waals surface area contributed by atoms with Gasteiger partial charge in [-0.05, 0) is 42.7 Å². The summed E-state index contributed by atoms with van der Waals surface area (Å²) in [6, 6.07) is 9.21. The van der Waals surface area contributed by atoms with Gasteiger partial charge in [-0.2, -0.15) is 0 Å². The van der Waals surface area contributed by atoms with E-state index in [1.807, 2.05) is 18.2 Å². The summed E-state index contributed by atoms with van der Waals surface area (Å²) in [6.45, 7) is 6.56. The maximum absolute atomic E-state index is 13.0. The molecule has 1 aliphatic carbocycles. The van der Waals surface area contributed by atoms with Gasteiger partial charge in [0.2, 0.25) is 7.37 Å². The van der Waals surface area contributed by atoms with Gasteiger partial charge in [-0.3, -0.25) is 4.57 Å². The van der Waals surface area contributed by atoms with Gasteiger partial charge < -0.3 is 4.89 Å². The molecular weight excluding hydrogens is 255 g/mol. The van der Waals surface area contributed by atoms with E-state index in [0.29, 0.717) is 23.1 Å². The van der Waals surface area contributed by atoms with E-state index in [0.717, 1.165) is 12.8 Å². The highest BCUT2D eigenvalue weighted by atomic mass is 31.2. The molecule has 0 saturated heterocycles.